The molecule has 0 aromatic rings. The molecule has 4 nitrogen and oxygen atoms in total. The lowest BCUT2D eigenvalue weighted by Gasteiger charge is -2.50. The van der Waals surface area contributed by atoms with Gasteiger partial charge in [0, 0.05) is 23.7 Å². The van der Waals surface area contributed by atoms with Gasteiger partial charge in [-0.25, -0.2) is 0 Å². The molecule has 0 aliphatic heterocycles. The number of nitrogens with zero attached hydrogens (tertiary/aromatic N) is 2. The zero-order valence-corrected chi connectivity index (χ0v) is 13.1. The first-order chi connectivity index (χ1) is 8.97. The summed E-state index contributed by atoms with van der Waals surface area (Å²) in [6.07, 6.45) is 7.38. The number of hydrogen-bond acceptors (Lipinski definition) is 4. The normalized spacial score (nSPS) is 33.9. The van der Waals surface area contributed by atoms with E-state index in [-0.39, 0.29) is 12.1 Å². The molecule has 0 heterocycles. The van der Waals surface area contributed by atoms with Crippen molar-refractivity contribution < 1.29 is 5.11 Å². The maximum Gasteiger partial charge on any atom is 0.0613 e. The summed E-state index contributed by atoms with van der Waals surface area (Å²) in [7, 11) is 8.67. The van der Waals surface area contributed by atoms with E-state index in [1.807, 2.05) is 7.05 Å². The standard InChI is InChI=1S/C15H31N3O/c1-16-14(12-19)9-6-13(10-14)18(4)11-15(17(2)3)7-5-8-15/h13,16,19H,5-12H2,1-4H3. The van der Waals surface area contributed by atoms with Gasteiger partial charge in [-0.05, 0) is 66.7 Å². The number of rotatable bonds is 6. The maximum absolute atomic E-state index is 9.60. The Balaban J connectivity index is 1.93. The smallest absolute Gasteiger partial charge is 0.0613 e. The molecule has 2 aliphatic rings. The Morgan fingerprint density at radius 1 is 1.21 bits per heavy atom. The summed E-state index contributed by atoms with van der Waals surface area (Å²) < 4.78 is 0. The van der Waals surface area contributed by atoms with Crippen LogP contribution in [0.3, 0.4) is 0 Å². The van der Waals surface area contributed by atoms with Crippen LogP contribution in [-0.4, -0.2) is 73.4 Å². The second-order valence-electron chi connectivity index (χ2n) is 6.97. The monoisotopic (exact) mass is 269 g/mol. The fraction of sp³-hybridized carbons (Fsp3) is 1.00. The molecule has 2 N–H and O–H groups in total. The fourth-order valence-corrected chi connectivity index (χ4v) is 3.85. The molecule has 0 saturated heterocycles. The molecule has 4 heteroatoms. The molecule has 0 aromatic heterocycles. The molecule has 112 valence electrons. The Hall–Kier alpha value is -0.160. The molecule has 0 amide bonds. The molecule has 2 atom stereocenters. The lowest BCUT2D eigenvalue weighted by Crippen LogP contribution is -2.58. The average Bonchev–Trinajstić information content (AvgIpc) is 2.78. The first-order valence-corrected chi connectivity index (χ1v) is 7.64. The predicted octanol–water partition coefficient (Wildman–Crippen LogP) is 0.905. The van der Waals surface area contributed by atoms with Crippen molar-refractivity contribution in [3.05, 3.63) is 0 Å². The van der Waals surface area contributed by atoms with Crippen LogP contribution in [0, 0.1) is 0 Å². The van der Waals surface area contributed by atoms with Crippen molar-refractivity contribution >= 4 is 0 Å². The molecule has 2 fully saturated rings. The summed E-state index contributed by atoms with van der Waals surface area (Å²) in [5.74, 6) is 0. The highest BCUT2D eigenvalue weighted by Gasteiger charge is 2.44. The lowest BCUT2D eigenvalue weighted by molar-refractivity contribution is 0.0153. The van der Waals surface area contributed by atoms with Gasteiger partial charge in [0.25, 0.3) is 0 Å². The number of nitrogens with one attached hydrogen (secondary N) is 1. The van der Waals surface area contributed by atoms with E-state index >= 15 is 0 Å². The van der Waals surface area contributed by atoms with E-state index in [0.717, 1.165) is 19.4 Å². The molecule has 2 saturated carbocycles. The van der Waals surface area contributed by atoms with E-state index < -0.39 is 0 Å². The second kappa shape index (κ2) is 5.68. The second-order valence-corrected chi connectivity index (χ2v) is 6.97. The van der Waals surface area contributed by atoms with Crippen molar-refractivity contribution in [2.24, 2.45) is 0 Å². The molecule has 2 unspecified atom stereocenters. The van der Waals surface area contributed by atoms with Gasteiger partial charge >= 0.3 is 0 Å². The summed E-state index contributed by atoms with van der Waals surface area (Å²) >= 11 is 0. The molecular formula is C15H31N3O. The Bertz CT molecular complexity index is 298. The lowest BCUT2D eigenvalue weighted by atomic mass is 9.75. The van der Waals surface area contributed by atoms with E-state index in [1.165, 1.54) is 25.7 Å². The largest absolute Gasteiger partial charge is 0.394 e. The van der Waals surface area contributed by atoms with Crippen molar-refractivity contribution in [2.45, 2.75) is 55.6 Å². The highest BCUT2D eigenvalue weighted by atomic mass is 16.3. The molecule has 19 heavy (non-hydrogen) atoms. The molecule has 0 spiro atoms. The van der Waals surface area contributed by atoms with Gasteiger partial charge in [-0.1, -0.05) is 0 Å². The molecular weight excluding hydrogens is 238 g/mol. The van der Waals surface area contributed by atoms with E-state index in [4.69, 9.17) is 0 Å². The molecule has 0 radical (unpaired) electrons. The first-order valence-electron chi connectivity index (χ1n) is 7.64. The van der Waals surface area contributed by atoms with Crippen LogP contribution in [-0.2, 0) is 0 Å². The van der Waals surface area contributed by atoms with Gasteiger partial charge < -0.3 is 20.2 Å². The van der Waals surface area contributed by atoms with Crippen LogP contribution >= 0.6 is 0 Å². The summed E-state index contributed by atoms with van der Waals surface area (Å²) in [5, 5.41) is 12.9. The summed E-state index contributed by atoms with van der Waals surface area (Å²) in [6, 6.07) is 0.608. The molecule has 0 bridgehead atoms. The number of hydrogen-bond donors (Lipinski definition) is 2. The summed E-state index contributed by atoms with van der Waals surface area (Å²) in [6.45, 7) is 1.42. The first kappa shape index (κ1) is 15.2. The highest BCUT2D eigenvalue weighted by Crippen LogP contribution is 2.39. The van der Waals surface area contributed by atoms with Gasteiger partial charge in [-0.15, -0.1) is 0 Å². The van der Waals surface area contributed by atoms with Crippen LogP contribution in [0.15, 0.2) is 0 Å². The summed E-state index contributed by atoms with van der Waals surface area (Å²) in [4.78, 5) is 4.95. The van der Waals surface area contributed by atoms with Crippen LogP contribution in [0.25, 0.3) is 0 Å². The highest BCUT2D eigenvalue weighted by molar-refractivity contribution is 5.02. The van der Waals surface area contributed by atoms with E-state index in [1.54, 1.807) is 0 Å². The predicted molar refractivity (Wildman–Crippen MR) is 79.4 cm³/mol. The zero-order chi connectivity index (χ0) is 14.1. The number of aliphatic hydroxyl groups is 1. The van der Waals surface area contributed by atoms with Crippen molar-refractivity contribution in [1.29, 1.82) is 0 Å². The minimum atomic E-state index is -0.0379. The van der Waals surface area contributed by atoms with Gasteiger partial charge in [0.15, 0.2) is 0 Å². The minimum Gasteiger partial charge on any atom is -0.394 e. The third-order valence-electron chi connectivity index (χ3n) is 5.82. The third kappa shape index (κ3) is 2.82. The van der Waals surface area contributed by atoms with Gasteiger partial charge in [0.2, 0.25) is 0 Å². The third-order valence-corrected chi connectivity index (χ3v) is 5.82. The van der Waals surface area contributed by atoms with Gasteiger partial charge in [0.05, 0.1) is 6.61 Å². The minimum absolute atomic E-state index is 0.0379. The van der Waals surface area contributed by atoms with E-state index in [2.05, 4.69) is 36.3 Å². The van der Waals surface area contributed by atoms with E-state index in [0.29, 0.717) is 11.6 Å². The Kier molecular flexibility index (Phi) is 4.56. The van der Waals surface area contributed by atoms with Crippen LogP contribution in [0.4, 0.5) is 0 Å². The fourth-order valence-electron chi connectivity index (χ4n) is 3.85. The quantitative estimate of drug-likeness (QED) is 0.752. The Morgan fingerprint density at radius 3 is 2.26 bits per heavy atom. The SMILES string of the molecule is CNC1(CO)CCC(N(C)CC2(N(C)C)CCC2)C1. The van der Waals surface area contributed by atoms with Crippen LogP contribution < -0.4 is 5.32 Å². The van der Waals surface area contributed by atoms with Crippen LogP contribution in [0.5, 0.6) is 0 Å². The molecule has 2 aliphatic carbocycles. The average molecular weight is 269 g/mol. The summed E-state index contributed by atoms with van der Waals surface area (Å²) in [5.41, 5.74) is 0.364. The van der Waals surface area contributed by atoms with Crippen LogP contribution in [0.2, 0.25) is 0 Å². The Labute approximate surface area is 118 Å². The van der Waals surface area contributed by atoms with Crippen molar-refractivity contribution in [1.82, 2.24) is 15.1 Å². The van der Waals surface area contributed by atoms with Crippen molar-refractivity contribution in [2.75, 3.05) is 41.3 Å². The molecule has 2 rings (SSSR count). The van der Waals surface area contributed by atoms with Gasteiger partial charge in [-0.3, -0.25) is 0 Å². The topological polar surface area (TPSA) is 38.7 Å². The number of likely N-dealkylation sites (N-methyl/N-ethyl adjacent to an activating group) is 3. The number of aliphatic hydroxyl groups excluding tert-OH is 1. The Morgan fingerprint density at radius 2 is 1.89 bits per heavy atom. The van der Waals surface area contributed by atoms with Crippen molar-refractivity contribution in [3.8, 4) is 0 Å². The maximum atomic E-state index is 9.60. The van der Waals surface area contributed by atoms with Gasteiger partial charge in [0.1, 0.15) is 0 Å². The zero-order valence-electron chi connectivity index (χ0n) is 13.1. The van der Waals surface area contributed by atoms with Gasteiger partial charge in [-0.2, -0.15) is 0 Å². The van der Waals surface area contributed by atoms with E-state index in [9.17, 15) is 5.11 Å². The van der Waals surface area contributed by atoms with Crippen LogP contribution in [0.1, 0.15) is 38.5 Å². The van der Waals surface area contributed by atoms with Crippen molar-refractivity contribution in [3.63, 3.8) is 0 Å². The molecule has 0 aromatic carbocycles.